The van der Waals surface area contributed by atoms with E-state index in [4.69, 9.17) is 5.11 Å². The fourth-order valence-electron chi connectivity index (χ4n) is 3.80. The van der Waals surface area contributed by atoms with Crippen molar-refractivity contribution < 1.29 is 14.7 Å². The maximum atomic E-state index is 12.4. The first-order chi connectivity index (χ1) is 9.49. The smallest absolute Gasteiger partial charge is 0.305 e. The van der Waals surface area contributed by atoms with Crippen LogP contribution in [0.1, 0.15) is 52.4 Å². The Morgan fingerprint density at radius 2 is 1.90 bits per heavy atom. The molecule has 0 aliphatic carbocycles. The Bertz CT molecular complexity index is 360. The Morgan fingerprint density at radius 3 is 2.40 bits per heavy atom. The lowest BCUT2D eigenvalue weighted by Gasteiger charge is -2.32. The zero-order chi connectivity index (χ0) is 14.7. The molecule has 1 amide bonds. The molecule has 3 unspecified atom stereocenters. The van der Waals surface area contributed by atoms with Crippen LogP contribution in [0.15, 0.2) is 0 Å². The number of rotatable bonds is 6. The molecule has 0 aromatic heterocycles. The third kappa shape index (κ3) is 3.72. The Hall–Kier alpha value is -1.10. The van der Waals surface area contributed by atoms with E-state index in [0.29, 0.717) is 31.0 Å². The number of fused-ring (bicyclic) bond motifs is 2. The van der Waals surface area contributed by atoms with Crippen LogP contribution in [0.4, 0.5) is 0 Å². The molecule has 0 saturated carbocycles. The minimum absolute atomic E-state index is 0.0249. The zero-order valence-electron chi connectivity index (χ0n) is 12.5. The molecular weight excluding hydrogens is 256 g/mol. The Morgan fingerprint density at radius 1 is 1.30 bits per heavy atom. The van der Waals surface area contributed by atoms with Gasteiger partial charge in [-0.2, -0.15) is 0 Å². The lowest BCUT2D eigenvalue weighted by atomic mass is 9.89. The first kappa shape index (κ1) is 15.3. The highest BCUT2D eigenvalue weighted by molar-refractivity contribution is 5.77. The van der Waals surface area contributed by atoms with Crippen molar-refractivity contribution in [1.29, 1.82) is 0 Å². The lowest BCUT2D eigenvalue weighted by Crippen LogP contribution is -2.43. The third-order valence-corrected chi connectivity index (χ3v) is 4.70. The van der Waals surface area contributed by atoms with Gasteiger partial charge in [0.1, 0.15) is 0 Å². The molecule has 2 bridgehead atoms. The van der Waals surface area contributed by atoms with Crippen LogP contribution in [0.3, 0.4) is 0 Å². The molecule has 5 heteroatoms. The molecule has 2 rings (SSSR count). The van der Waals surface area contributed by atoms with Gasteiger partial charge in [0.25, 0.3) is 0 Å². The predicted molar refractivity (Wildman–Crippen MR) is 76.4 cm³/mol. The number of hydrogen-bond donors (Lipinski definition) is 2. The van der Waals surface area contributed by atoms with Gasteiger partial charge in [-0.25, -0.2) is 0 Å². The molecule has 114 valence electrons. The molecule has 0 aromatic carbocycles. The summed E-state index contributed by atoms with van der Waals surface area (Å²) in [6.45, 7) is 4.33. The number of aliphatic carboxylic acids is 1. The second-order valence-corrected chi connectivity index (χ2v) is 6.31. The maximum Gasteiger partial charge on any atom is 0.305 e. The number of carbonyl (C=O) groups is 2. The maximum absolute atomic E-state index is 12.4. The molecule has 0 radical (unpaired) electrons. The summed E-state index contributed by atoms with van der Waals surface area (Å²) >= 11 is 0. The van der Waals surface area contributed by atoms with Crippen LogP contribution in [0.25, 0.3) is 0 Å². The van der Waals surface area contributed by atoms with Crippen LogP contribution in [0.5, 0.6) is 0 Å². The van der Waals surface area contributed by atoms with Crippen molar-refractivity contribution in [3.63, 3.8) is 0 Å². The minimum atomic E-state index is -0.844. The SMILES string of the molecule is CCN(C(=O)CC1CC2CCC(C1)N2)C(C)CC(=O)O. The average Bonchev–Trinajstić information content (AvgIpc) is 2.68. The number of carboxylic acids is 1. The van der Waals surface area contributed by atoms with Crippen molar-refractivity contribution in [3.05, 3.63) is 0 Å². The molecule has 2 fully saturated rings. The standard InChI is InChI=1S/C15H26N2O3/c1-3-17(10(2)6-15(19)20)14(18)9-11-7-12-4-5-13(8-11)16-12/h10-13,16H,3-9H2,1-2H3,(H,19,20). The number of nitrogens with one attached hydrogen (secondary N) is 1. The van der Waals surface area contributed by atoms with Crippen molar-refractivity contribution in [2.45, 2.75) is 70.5 Å². The third-order valence-electron chi connectivity index (χ3n) is 4.70. The summed E-state index contributed by atoms with van der Waals surface area (Å²) in [6, 6.07) is 0.972. The molecule has 2 aliphatic rings. The number of nitrogens with zero attached hydrogens (tertiary/aromatic N) is 1. The van der Waals surface area contributed by atoms with E-state index in [2.05, 4.69) is 5.32 Å². The number of piperidine rings is 1. The summed E-state index contributed by atoms with van der Waals surface area (Å²) in [7, 11) is 0. The largest absolute Gasteiger partial charge is 0.481 e. The number of hydrogen-bond acceptors (Lipinski definition) is 3. The van der Waals surface area contributed by atoms with E-state index in [-0.39, 0.29) is 18.4 Å². The highest BCUT2D eigenvalue weighted by atomic mass is 16.4. The molecule has 20 heavy (non-hydrogen) atoms. The van der Waals surface area contributed by atoms with Gasteiger partial charge in [-0.3, -0.25) is 9.59 Å². The highest BCUT2D eigenvalue weighted by Crippen LogP contribution is 2.33. The topological polar surface area (TPSA) is 69.6 Å². The van der Waals surface area contributed by atoms with E-state index in [0.717, 1.165) is 12.8 Å². The van der Waals surface area contributed by atoms with Gasteiger partial charge in [0.2, 0.25) is 5.91 Å². The molecular formula is C15H26N2O3. The van der Waals surface area contributed by atoms with Crippen molar-refractivity contribution in [1.82, 2.24) is 10.2 Å². The van der Waals surface area contributed by atoms with Crippen LogP contribution in [-0.4, -0.2) is 46.6 Å². The fourth-order valence-corrected chi connectivity index (χ4v) is 3.80. The van der Waals surface area contributed by atoms with Crippen molar-refractivity contribution >= 4 is 11.9 Å². The fraction of sp³-hybridized carbons (Fsp3) is 0.867. The van der Waals surface area contributed by atoms with Gasteiger partial charge in [0, 0.05) is 31.1 Å². The van der Waals surface area contributed by atoms with E-state index in [1.807, 2.05) is 13.8 Å². The summed E-state index contributed by atoms with van der Waals surface area (Å²) in [5.74, 6) is -0.261. The summed E-state index contributed by atoms with van der Waals surface area (Å²) in [4.78, 5) is 24.9. The monoisotopic (exact) mass is 282 g/mol. The number of carboxylic acid groups (broad SMARTS) is 1. The Labute approximate surface area is 120 Å². The van der Waals surface area contributed by atoms with Gasteiger partial charge < -0.3 is 15.3 Å². The molecule has 0 spiro atoms. The van der Waals surface area contributed by atoms with Crippen molar-refractivity contribution in [2.75, 3.05) is 6.54 Å². The summed E-state index contributed by atoms with van der Waals surface area (Å²) in [5, 5.41) is 12.4. The Balaban J connectivity index is 1.87. The van der Waals surface area contributed by atoms with Gasteiger partial charge >= 0.3 is 5.97 Å². The second-order valence-electron chi connectivity index (χ2n) is 6.31. The van der Waals surface area contributed by atoms with Crippen LogP contribution < -0.4 is 5.32 Å². The first-order valence-electron chi connectivity index (χ1n) is 7.76. The molecule has 3 atom stereocenters. The number of carbonyl (C=O) groups excluding carboxylic acids is 1. The van der Waals surface area contributed by atoms with Gasteiger partial charge in [-0.05, 0) is 45.4 Å². The summed E-state index contributed by atoms with van der Waals surface area (Å²) in [6.07, 6.45) is 5.26. The molecule has 0 aromatic rings. The van der Waals surface area contributed by atoms with Gasteiger partial charge in [0.05, 0.1) is 6.42 Å². The molecule has 2 N–H and O–H groups in total. The van der Waals surface area contributed by atoms with Crippen molar-refractivity contribution in [2.24, 2.45) is 5.92 Å². The van der Waals surface area contributed by atoms with Crippen LogP contribution in [0, 0.1) is 5.92 Å². The quantitative estimate of drug-likeness (QED) is 0.776. The van der Waals surface area contributed by atoms with E-state index in [9.17, 15) is 9.59 Å². The predicted octanol–water partition coefficient (Wildman–Crippen LogP) is 1.62. The zero-order valence-corrected chi connectivity index (χ0v) is 12.5. The van der Waals surface area contributed by atoms with Gasteiger partial charge in [0.15, 0.2) is 0 Å². The van der Waals surface area contributed by atoms with Crippen LogP contribution >= 0.6 is 0 Å². The normalized spacial score (nSPS) is 30.0. The first-order valence-corrected chi connectivity index (χ1v) is 7.76. The van der Waals surface area contributed by atoms with E-state index in [1.54, 1.807) is 4.90 Å². The average molecular weight is 282 g/mol. The van der Waals surface area contributed by atoms with Crippen LogP contribution in [-0.2, 0) is 9.59 Å². The number of amides is 1. The highest BCUT2D eigenvalue weighted by Gasteiger charge is 2.35. The van der Waals surface area contributed by atoms with Crippen molar-refractivity contribution in [3.8, 4) is 0 Å². The van der Waals surface area contributed by atoms with Gasteiger partial charge in [-0.15, -0.1) is 0 Å². The molecule has 2 aliphatic heterocycles. The minimum Gasteiger partial charge on any atom is -0.481 e. The summed E-state index contributed by atoms with van der Waals surface area (Å²) < 4.78 is 0. The van der Waals surface area contributed by atoms with E-state index < -0.39 is 5.97 Å². The molecule has 2 saturated heterocycles. The summed E-state index contributed by atoms with van der Waals surface area (Å²) in [5.41, 5.74) is 0. The van der Waals surface area contributed by atoms with E-state index >= 15 is 0 Å². The molecule has 2 heterocycles. The molecule has 5 nitrogen and oxygen atoms in total. The van der Waals surface area contributed by atoms with E-state index in [1.165, 1.54) is 12.8 Å². The second kappa shape index (κ2) is 6.57. The van der Waals surface area contributed by atoms with Crippen LogP contribution in [0.2, 0.25) is 0 Å². The lowest BCUT2D eigenvalue weighted by molar-refractivity contribution is -0.140. The Kier molecular flexibility index (Phi) is 5.02. The van der Waals surface area contributed by atoms with Gasteiger partial charge in [-0.1, -0.05) is 0 Å².